The quantitative estimate of drug-likeness (QED) is 0.912. The highest BCUT2D eigenvalue weighted by molar-refractivity contribution is 9.10. The van der Waals surface area contributed by atoms with E-state index in [1.54, 1.807) is 0 Å². The highest BCUT2D eigenvalue weighted by Gasteiger charge is 2.12. The van der Waals surface area contributed by atoms with Gasteiger partial charge in [0.2, 0.25) is 0 Å². The molecule has 2 aromatic carbocycles. The average molecular weight is 320 g/mol. The van der Waals surface area contributed by atoms with Crippen LogP contribution in [-0.4, -0.2) is 6.10 Å². The summed E-state index contributed by atoms with van der Waals surface area (Å²) >= 11 is 3.54. The van der Waals surface area contributed by atoms with Crippen LogP contribution in [0, 0.1) is 0 Å². The minimum Gasteiger partial charge on any atom is -0.491 e. The first-order chi connectivity index (χ1) is 9.08. The molecule has 0 heterocycles. The van der Waals surface area contributed by atoms with E-state index in [0.29, 0.717) is 0 Å². The molecule has 2 nitrogen and oxygen atoms in total. The van der Waals surface area contributed by atoms with E-state index >= 15 is 0 Å². The van der Waals surface area contributed by atoms with Crippen molar-refractivity contribution in [2.24, 2.45) is 5.73 Å². The molecule has 0 amide bonds. The summed E-state index contributed by atoms with van der Waals surface area (Å²) in [5.41, 5.74) is 8.45. The van der Waals surface area contributed by atoms with Gasteiger partial charge in [0.25, 0.3) is 0 Å². The summed E-state index contributed by atoms with van der Waals surface area (Å²) in [5, 5.41) is 0. The highest BCUT2D eigenvalue weighted by Crippen LogP contribution is 2.28. The number of hydrogen-bond donors (Lipinski definition) is 1. The molecule has 0 radical (unpaired) electrons. The maximum atomic E-state index is 6.33. The van der Waals surface area contributed by atoms with Crippen molar-refractivity contribution in [2.45, 2.75) is 26.0 Å². The fraction of sp³-hybridized carbons (Fsp3) is 0.250. The van der Waals surface area contributed by atoms with Gasteiger partial charge in [0, 0.05) is 4.47 Å². The molecule has 3 heteroatoms. The summed E-state index contributed by atoms with van der Waals surface area (Å²) < 4.78 is 6.73. The van der Waals surface area contributed by atoms with Crippen LogP contribution in [0.2, 0.25) is 0 Å². The van der Waals surface area contributed by atoms with E-state index in [1.807, 2.05) is 62.4 Å². The third-order valence-corrected chi connectivity index (χ3v) is 3.55. The molecule has 2 aromatic rings. The van der Waals surface area contributed by atoms with Crippen LogP contribution in [-0.2, 0) is 0 Å². The van der Waals surface area contributed by atoms with Crippen molar-refractivity contribution in [3.8, 4) is 5.75 Å². The van der Waals surface area contributed by atoms with Crippen LogP contribution < -0.4 is 10.5 Å². The summed E-state index contributed by atoms with van der Waals surface area (Å²) in [7, 11) is 0. The van der Waals surface area contributed by atoms with Crippen LogP contribution in [0.1, 0.15) is 31.0 Å². The van der Waals surface area contributed by atoms with Crippen LogP contribution in [0.25, 0.3) is 0 Å². The Balaban J connectivity index is 2.29. The van der Waals surface area contributed by atoms with Gasteiger partial charge in [0.15, 0.2) is 0 Å². The van der Waals surface area contributed by atoms with Gasteiger partial charge in [-0.15, -0.1) is 0 Å². The third-order valence-electron chi connectivity index (χ3n) is 2.83. The number of hydrogen-bond acceptors (Lipinski definition) is 2. The molecule has 0 aliphatic heterocycles. The third kappa shape index (κ3) is 3.58. The van der Waals surface area contributed by atoms with E-state index in [4.69, 9.17) is 10.5 Å². The Morgan fingerprint density at radius 3 is 2.47 bits per heavy atom. The number of nitrogens with two attached hydrogens (primary N) is 1. The van der Waals surface area contributed by atoms with Crippen molar-refractivity contribution in [1.29, 1.82) is 0 Å². The fourth-order valence-electron chi connectivity index (χ4n) is 1.96. The summed E-state index contributed by atoms with van der Waals surface area (Å²) in [6.07, 6.45) is 0.162. The minimum atomic E-state index is -0.161. The molecule has 100 valence electrons. The molecule has 1 unspecified atom stereocenters. The van der Waals surface area contributed by atoms with Crippen molar-refractivity contribution < 1.29 is 4.74 Å². The Labute approximate surface area is 122 Å². The van der Waals surface area contributed by atoms with Crippen molar-refractivity contribution in [3.63, 3.8) is 0 Å². The molecule has 0 bridgehead atoms. The van der Waals surface area contributed by atoms with Gasteiger partial charge in [0.1, 0.15) is 5.75 Å². The fourth-order valence-corrected chi connectivity index (χ4v) is 2.49. The van der Waals surface area contributed by atoms with Crippen molar-refractivity contribution in [1.82, 2.24) is 0 Å². The Kier molecular flexibility index (Phi) is 4.61. The van der Waals surface area contributed by atoms with E-state index < -0.39 is 0 Å². The number of halogens is 1. The molecule has 2 N–H and O–H groups in total. The molecule has 0 spiro atoms. The smallest absolute Gasteiger partial charge is 0.120 e. The summed E-state index contributed by atoms with van der Waals surface area (Å²) in [6, 6.07) is 15.8. The largest absolute Gasteiger partial charge is 0.491 e. The van der Waals surface area contributed by atoms with Crippen LogP contribution >= 0.6 is 15.9 Å². The molecule has 19 heavy (non-hydrogen) atoms. The molecule has 0 aromatic heterocycles. The van der Waals surface area contributed by atoms with Gasteiger partial charge in [-0.3, -0.25) is 0 Å². The second-order valence-corrected chi connectivity index (χ2v) is 5.59. The lowest BCUT2D eigenvalue weighted by atomic mass is 9.99. The molecule has 2 rings (SSSR count). The predicted octanol–water partition coefficient (Wildman–Crippen LogP) is 4.28. The molecule has 0 fully saturated rings. The lowest BCUT2D eigenvalue weighted by Crippen LogP contribution is -2.13. The number of ether oxygens (including phenoxy) is 1. The molecule has 0 aliphatic carbocycles. The van der Waals surface area contributed by atoms with Gasteiger partial charge in [-0.05, 0) is 43.2 Å². The second kappa shape index (κ2) is 6.22. The SMILES string of the molecule is CC(C)Oc1cccc(C(N)c2ccccc2Br)c1. The lowest BCUT2D eigenvalue weighted by molar-refractivity contribution is 0.242. The Bertz CT molecular complexity index is 554. The van der Waals surface area contributed by atoms with Gasteiger partial charge in [-0.2, -0.15) is 0 Å². The molecule has 0 saturated heterocycles. The van der Waals surface area contributed by atoms with Gasteiger partial charge in [0.05, 0.1) is 12.1 Å². The standard InChI is InChI=1S/C16H18BrNO/c1-11(2)19-13-7-5-6-12(10-13)16(18)14-8-3-4-9-15(14)17/h3-11,16H,18H2,1-2H3. The van der Waals surface area contributed by atoms with E-state index in [1.165, 1.54) is 0 Å². The highest BCUT2D eigenvalue weighted by atomic mass is 79.9. The molecular formula is C16H18BrNO. The second-order valence-electron chi connectivity index (χ2n) is 4.74. The molecule has 0 aliphatic rings. The van der Waals surface area contributed by atoms with Crippen LogP contribution in [0.3, 0.4) is 0 Å². The van der Waals surface area contributed by atoms with Crippen molar-refractivity contribution in [2.75, 3.05) is 0 Å². The van der Waals surface area contributed by atoms with E-state index in [2.05, 4.69) is 15.9 Å². The zero-order chi connectivity index (χ0) is 13.8. The normalized spacial score (nSPS) is 12.5. The van der Waals surface area contributed by atoms with Crippen molar-refractivity contribution >= 4 is 15.9 Å². The van der Waals surface area contributed by atoms with Crippen molar-refractivity contribution in [3.05, 3.63) is 64.1 Å². The van der Waals surface area contributed by atoms with Gasteiger partial charge in [-0.1, -0.05) is 46.3 Å². The average Bonchev–Trinajstić information content (AvgIpc) is 2.38. The molecule has 0 saturated carbocycles. The van der Waals surface area contributed by atoms with E-state index in [-0.39, 0.29) is 12.1 Å². The Morgan fingerprint density at radius 1 is 1.05 bits per heavy atom. The van der Waals surface area contributed by atoms with E-state index in [0.717, 1.165) is 21.3 Å². The van der Waals surface area contributed by atoms with Crippen LogP contribution in [0.4, 0.5) is 0 Å². The van der Waals surface area contributed by atoms with Gasteiger partial charge >= 0.3 is 0 Å². The summed E-state index contributed by atoms with van der Waals surface area (Å²) in [5.74, 6) is 0.856. The molecular weight excluding hydrogens is 302 g/mol. The first-order valence-corrected chi connectivity index (χ1v) is 7.14. The molecule has 1 atom stereocenters. The summed E-state index contributed by atoms with van der Waals surface area (Å²) in [6.45, 7) is 4.03. The predicted molar refractivity (Wildman–Crippen MR) is 82.4 cm³/mol. The maximum Gasteiger partial charge on any atom is 0.120 e. The van der Waals surface area contributed by atoms with Gasteiger partial charge in [-0.25, -0.2) is 0 Å². The lowest BCUT2D eigenvalue weighted by Gasteiger charge is -2.16. The number of benzene rings is 2. The van der Waals surface area contributed by atoms with Crippen LogP contribution in [0.15, 0.2) is 53.0 Å². The zero-order valence-corrected chi connectivity index (χ0v) is 12.7. The van der Waals surface area contributed by atoms with E-state index in [9.17, 15) is 0 Å². The summed E-state index contributed by atoms with van der Waals surface area (Å²) in [4.78, 5) is 0. The monoisotopic (exact) mass is 319 g/mol. The van der Waals surface area contributed by atoms with Gasteiger partial charge < -0.3 is 10.5 Å². The minimum absolute atomic E-state index is 0.161. The first kappa shape index (κ1) is 14.1. The Hall–Kier alpha value is -1.32. The number of rotatable bonds is 4. The Morgan fingerprint density at radius 2 is 1.79 bits per heavy atom. The van der Waals surface area contributed by atoms with Crippen LogP contribution in [0.5, 0.6) is 5.75 Å². The maximum absolute atomic E-state index is 6.33. The topological polar surface area (TPSA) is 35.2 Å². The first-order valence-electron chi connectivity index (χ1n) is 6.34. The zero-order valence-electron chi connectivity index (χ0n) is 11.1.